The van der Waals surface area contributed by atoms with Gasteiger partial charge in [0.2, 0.25) is 0 Å². The van der Waals surface area contributed by atoms with E-state index < -0.39 is 15.9 Å². The van der Waals surface area contributed by atoms with Crippen molar-refractivity contribution in [2.75, 3.05) is 4.72 Å². The molecule has 0 bridgehead atoms. The lowest BCUT2D eigenvalue weighted by Gasteiger charge is -2.08. The average molecular weight is 374 g/mol. The highest BCUT2D eigenvalue weighted by molar-refractivity contribution is 7.92. The van der Waals surface area contributed by atoms with Crippen molar-refractivity contribution in [2.45, 2.75) is 18.7 Å². The van der Waals surface area contributed by atoms with Crippen molar-refractivity contribution < 1.29 is 18.4 Å². The number of hydroxylamine groups is 1. The van der Waals surface area contributed by atoms with Gasteiger partial charge in [-0.1, -0.05) is 42.5 Å². The molecule has 2 aromatic carbocycles. The Hall–Kier alpha value is -2.90. The molecule has 0 saturated heterocycles. The Bertz CT molecular complexity index is 839. The minimum Gasteiger partial charge on any atom is -0.288 e. The lowest BCUT2D eigenvalue weighted by Crippen LogP contribution is -2.14. The Morgan fingerprint density at radius 1 is 0.962 bits per heavy atom. The summed E-state index contributed by atoms with van der Waals surface area (Å²) in [7, 11) is -3.66. The highest BCUT2D eigenvalue weighted by atomic mass is 32.2. The van der Waals surface area contributed by atoms with E-state index in [0.29, 0.717) is 11.3 Å². The number of benzene rings is 2. The van der Waals surface area contributed by atoms with Crippen LogP contribution in [0.25, 0.3) is 6.08 Å². The Labute approximate surface area is 153 Å². The fraction of sp³-hybridized carbons (Fsp3) is 0.105. The van der Waals surface area contributed by atoms with E-state index in [1.807, 2.05) is 26.0 Å². The maximum atomic E-state index is 12.2. The van der Waals surface area contributed by atoms with Gasteiger partial charge in [-0.25, -0.2) is 13.9 Å². The van der Waals surface area contributed by atoms with Gasteiger partial charge >= 0.3 is 0 Å². The number of carbonyl (C=O) groups excluding carboxylic acids is 1. The summed E-state index contributed by atoms with van der Waals surface area (Å²) in [6, 6.07) is 14.5. The fourth-order valence-electron chi connectivity index (χ4n) is 1.69. The Morgan fingerprint density at radius 3 is 2.04 bits per heavy atom. The maximum Gasteiger partial charge on any atom is 0.267 e. The summed E-state index contributed by atoms with van der Waals surface area (Å²) >= 11 is 0. The molecular weight excluding hydrogens is 352 g/mol. The van der Waals surface area contributed by atoms with Crippen molar-refractivity contribution in [1.29, 1.82) is 0 Å². The lowest BCUT2D eigenvalue weighted by molar-refractivity contribution is -0.124. The molecule has 0 unspecified atom stereocenters. The van der Waals surface area contributed by atoms with Gasteiger partial charge in [-0.3, -0.25) is 14.7 Å². The molecule has 0 aliphatic rings. The number of sulfonamides is 1. The first-order valence-electron chi connectivity index (χ1n) is 7.80. The van der Waals surface area contributed by atoms with Crippen molar-refractivity contribution in [2.24, 2.45) is 0 Å². The van der Waals surface area contributed by atoms with Gasteiger partial charge in [-0.05, 0) is 49.8 Å². The van der Waals surface area contributed by atoms with E-state index >= 15 is 0 Å². The highest BCUT2D eigenvalue weighted by Gasteiger charge is 2.13. The first-order valence-corrected chi connectivity index (χ1v) is 9.28. The molecule has 0 saturated carbocycles. The topological polar surface area (TPSA) is 95.5 Å². The first kappa shape index (κ1) is 21.1. The molecule has 0 radical (unpaired) electrons. The van der Waals surface area contributed by atoms with Gasteiger partial charge in [0.25, 0.3) is 15.9 Å². The van der Waals surface area contributed by atoms with Gasteiger partial charge in [-0.2, -0.15) is 0 Å². The van der Waals surface area contributed by atoms with Crippen LogP contribution in [-0.4, -0.2) is 19.5 Å². The number of allylic oxidation sites excluding steroid dienone is 2. The predicted molar refractivity (Wildman–Crippen MR) is 103 cm³/mol. The average Bonchev–Trinajstić information content (AvgIpc) is 2.67. The number of hydrogen-bond donors (Lipinski definition) is 3. The zero-order valence-electron chi connectivity index (χ0n) is 14.6. The molecule has 2 aromatic rings. The van der Waals surface area contributed by atoms with Gasteiger partial charge < -0.3 is 0 Å². The number of para-hydroxylation sites is 1. The predicted octanol–water partition coefficient (Wildman–Crippen LogP) is 3.59. The van der Waals surface area contributed by atoms with E-state index in [-0.39, 0.29) is 4.90 Å². The molecule has 0 aromatic heterocycles. The summed E-state index contributed by atoms with van der Waals surface area (Å²) in [6.45, 7) is 4.00. The molecule has 0 heterocycles. The summed E-state index contributed by atoms with van der Waals surface area (Å²) < 4.78 is 26.9. The molecule has 0 fully saturated rings. The van der Waals surface area contributed by atoms with Crippen LogP contribution in [-0.2, 0) is 14.8 Å². The summed E-state index contributed by atoms with van der Waals surface area (Å²) in [4.78, 5) is 11.0. The van der Waals surface area contributed by atoms with Crippen LogP contribution >= 0.6 is 0 Å². The molecule has 7 heteroatoms. The highest BCUT2D eigenvalue weighted by Crippen LogP contribution is 2.16. The molecule has 0 aliphatic heterocycles. The quantitative estimate of drug-likeness (QED) is 0.323. The standard InChI is InChI=1S/C15H14N2O4S.C4H8/c18-15(16-19)11-8-12-6-9-14(10-7-12)22(20,21)17-13-4-2-1-3-5-13;1-3-4-2/h1-11,17,19H,(H,16,18);3-4H,1-2H3/b11-8+;4-3-. The SMILES string of the molecule is C/C=C\C.O=C(/C=C/c1ccc(S(=O)(=O)Nc2ccccc2)cc1)NO. The van der Waals surface area contributed by atoms with Crippen LogP contribution in [0.3, 0.4) is 0 Å². The maximum absolute atomic E-state index is 12.2. The van der Waals surface area contributed by atoms with Crippen molar-refractivity contribution >= 4 is 27.7 Å². The van der Waals surface area contributed by atoms with Crippen LogP contribution in [0.2, 0.25) is 0 Å². The minimum absolute atomic E-state index is 0.111. The van der Waals surface area contributed by atoms with Gasteiger partial charge in [-0.15, -0.1) is 0 Å². The van der Waals surface area contributed by atoms with Gasteiger partial charge in [0.05, 0.1) is 4.90 Å². The number of hydrogen-bond acceptors (Lipinski definition) is 4. The molecule has 0 atom stereocenters. The normalized spacial score (nSPS) is 11.0. The fourth-order valence-corrected chi connectivity index (χ4v) is 2.75. The van der Waals surface area contributed by atoms with E-state index in [2.05, 4.69) is 4.72 Å². The molecule has 6 nitrogen and oxygen atoms in total. The monoisotopic (exact) mass is 374 g/mol. The number of amides is 1. The molecular formula is C19H22N2O4S. The van der Waals surface area contributed by atoms with E-state index in [1.165, 1.54) is 23.7 Å². The molecule has 138 valence electrons. The van der Waals surface area contributed by atoms with Crippen molar-refractivity contribution in [3.8, 4) is 0 Å². The first-order chi connectivity index (χ1) is 12.4. The van der Waals surface area contributed by atoms with Crippen molar-refractivity contribution in [3.63, 3.8) is 0 Å². The molecule has 0 spiro atoms. The number of nitrogens with one attached hydrogen (secondary N) is 2. The Balaban J connectivity index is 0.000000765. The van der Waals surface area contributed by atoms with Crippen molar-refractivity contribution in [3.05, 3.63) is 78.4 Å². The van der Waals surface area contributed by atoms with Gasteiger partial charge in [0, 0.05) is 11.8 Å². The third kappa shape index (κ3) is 7.33. The molecule has 2 rings (SSSR count). The molecule has 3 N–H and O–H groups in total. The Kier molecular flexibility index (Phi) is 8.83. The van der Waals surface area contributed by atoms with Crippen LogP contribution in [0.5, 0.6) is 0 Å². The van der Waals surface area contributed by atoms with Crippen molar-refractivity contribution in [1.82, 2.24) is 5.48 Å². The third-order valence-electron chi connectivity index (χ3n) is 3.09. The zero-order chi connectivity index (χ0) is 19.4. The summed E-state index contributed by atoms with van der Waals surface area (Å²) in [5, 5.41) is 8.37. The van der Waals surface area contributed by atoms with E-state index in [0.717, 1.165) is 6.08 Å². The third-order valence-corrected chi connectivity index (χ3v) is 4.48. The summed E-state index contributed by atoms with van der Waals surface area (Å²) in [6.07, 6.45) is 6.58. The van der Waals surface area contributed by atoms with Gasteiger partial charge in [0.1, 0.15) is 0 Å². The molecule has 0 aliphatic carbocycles. The summed E-state index contributed by atoms with van der Waals surface area (Å²) in [5.41, 5.74) is 2.57. The number of rotatable bonds is 5. The van der Waals surface area contributed by atoms with Crippen LogP contribution in [0.1, 0.15) is 19.4 Å². The van der Waals surface area contributed by atoms with E-state index in [9.17, 15) is 13.2 Å². The smallest absolute Gasteiger partial charge is 0.267 e. The second-order valence-corrected chi connectivity index (χ2v) is 6.70. The zero-order valence-corrected chi connectivity index (χ0v) is 15.4. The second kappa shape index (κ2) is 10.9. The largest absolute Gasteiger partial charge is 0.288 e. The van der Waals surface area contributed by atoms with E-state index in [1.54, 1.807) is 42.5 Å². The summed E-state index contributed by atoms with van der Waals surface area (Å²) in [5.74, 6) is -0.664. The van der Waals surface area contributed by atoms with Crippen LogP contribution < -0.4 is 10.2 Å². The van der Waals surface area contributed by atoms with Gasteiger partial charge in [0.15, 0.2) is 0 Å². The number of anilines is 1. The Morgan fingerprint density at radius 2 is 1.54 bits per heavy atom. The number of carbonyl (C=O) groups is 1. The van der Waals surface area contributed by atoms with Crippen LogP contribution in [0, 0.1) is 0 Å². The van der Waals surface area contributed by atoms with Crippen LogP contribution in [0.4, 0.5) is 5.69 Å². The molecule has 1 amide bonds. The van der Waals surface area contributed by atoms with Crippen LogP contribution in [0.15, 0.2) is 77.7 Å². The minimum atomic E-state index is -3.66. The second-order valence-electron chi connectivity index (χ2n) is 5.02. The lowest BCUT2D eigenvalue weighted by atomic mass is 10.2. The van der Waals surface area contributed by atoms with E-state index in [4.69, 9.17) is 5.21 Å². The molecule has 26 heavy (non-hydrogen) atoms.